The second kappa shape index (κ2) is 7.03. The Morgan fingerprint density at radius 3 is 2.55 bits per heavy atom. The molecule has 4 aromatic heterocycles. The second-order valence-corrected chi connectivity index (χ2v) is 6.21. The van der Waals surface area contributed by atoms with Gasteiger partial charge in [-0.3, -0.25) is 24.8 Å². The quantitative estimate of drug-likeness (QED) is 0.429. The zero-order chi connectivity index (χ0) is 20.5. The molecule has 0 bridgehead atoms. The molecule has 0 saturated heterocycles. The molecule has 4 aromatic rings. The summed E-state index contributed by atoms with van der Waals surface area (Å²) in [5.41, 5.74) is 12.6. The molecule has 4 N–H and O–H groups in total. The molecule has 0 aromatic carbocycles. The van der Waals surface area contributed by atoms with Gasteiger partial charge in [0, 0.05) is 11.4 Å². The van der Waals surface area contributed by atoms with E-state index in [-0.39, 0.29) is 23.0 Å². The van der Waals surface area contributed by atoms with Crippen molar-refractivity contribution in [2.45, 2.75) is 13.8 Å². The van der Waals surface area contributed by atoms with Crippen LogP contribution in [0.3, 0.4) is 0 Å². The third-order valence-electron chi connectivity index (χ3n) is 4.01. The summed E-state index contributed by atoms with van der Waals surface area (Å²) in [6.45, 7) is 3.63. The molecule has 0 spiro atoms. The summed E-state index contributed by atoms with van der Waals surface area (Å²) < 4.78 is 6.95. The molecule has 11 nitrogen and oxygen atoms in total. The molecule has 4 rings (SSSR count). The average Bonchev–Trinajstić information content (AvgIpc) is 3.34. The Hall–Kier alpha value is -4.28. The summed E-state index contributed by atoms with van der Waals surface area (Å²) in [4.78, 5) is 41.0. The molecule has 0 aliphatic carbocycles. The summed E-state index contributed by atoms with van der Waals surface area (Å²) in [7, 11) is 0. The van der Waals surface area contributed by atoms with Gasteiger partial charge in [0.25, 0.3) is 11.8 Å². The molecule has 0 atom stereocenters. The van der Waals surface area contributed by atoms with Crippen molar-refractivity contribution in [3.05, 3.63) is 59.6 Å². The molecular weight excluding hydrogens is 376 g/mol. The Morgan fingerprint density at radius 1 is 1.14 bits per heavy atom. The molecule has 0 unspecified atom stereocenters. The number of primary amides is 1. The van der Waals surface area contributed by atoms with E-state index in [2.05, 4.69) is 30.8 Å². The standard InChI is InChI=1S/C18H16N8O3/c1-9-6-10(2)22-18(21-9)25-24-17(28)11-7-12(13-4-3-5-29-13)26-8-20-14(15(19)27)16(26)23-11/h3-8H,1-2H3,(H2,19,27)(H,24,28)(H,21,22,25). The van der Waals surface area contributed by atoms with Crippen molar-refractivity contribution >= 4 is 23.4 Å². The molecule has 146 valence electrons. The van der Waals surface area contributed by atoms with Crippen LogP contribution in [0, 0.1) is 13.8 Å². The Morgan fingerprint density at radius 2 is 1.90 bits per heavy atom. The van der Waals surface area contributed by atoms with Crippen LogP contribution in [-0.4, -0.2) is 36.2 Å². The molecule has 0 radical (unpaired) electrons. The summed E-state index contributed by atoms with van der Waals surface area (Å²) in [5, 5.41) is 0. The smallest absolute Gasteiger partial charge is 0.288 e. The van der Waals surface area contributed by atoms with Crippen molar-refractivity contribution in [3.63, 3.8) is 0 Å². The van der Waals surface area contributed by atoms with E-state index in [1.807, 2.05) is 19.9 Å². The highest BCUT2D eigenvalue weighted by Gasteiger charge is 2.20. The number of hydrogen-bond donors (Lipinski definition) is 3. The fourth-order valence-corrected chi connectivity index (χ4v) is 2.83. The van der Waals surface area contributed by atoms with E-state index >= 15 is 0 Å². The SMILES string of the molecule is Cc1cc(C)nc(NNC(=O)c2cc(-c3ccco3)n3cnc(C(N)=O)c3n2)n1. The highest BCUT2D eigenvalue weighted by atomic mass is 16.3. The van der Waals surface area contributed by atoms with Gasteiger partial charge >= 0.3 is 0 Å². The van der Waals surface area contributed by atoms with E-state index in [1.165, 1.54) is 23.1 Å². The minimum Gasteiger partial charge on any atom is -0.463 e. The molecule has 11 heteroatoms. The van der Waals surface area contributed by atoms with Crippen LogP contribution in [0.25, 0.3) is 17.1 Å². The second-order valence-electron chi connectivity index (χ2n) is 6.21. The van der Waals surface area contributed by atoms with E-state index in [4.69, 9.17) is 10.2 Å². The van der Waals surface area contributed by atoms with Gasteiger partial charge in [-0.05, 0) is 38.1 Å². The number of hydrogen-bond acceptors (Lipinski definition) is 8. The topological polar surface area (TPSA) is 153 Å². The Balaban J connectivity index is 1.71. The van der Waals surface area contributed by atoms with Crippen molar-refractivity contribution in [2.24, 2.45) is 5.73 Å². The van der Waals surface area contributed by atoms with Crippen LogP contribution >= 0.6 is 0 Å². The summed E-state index contributed by atoms with van der Waals surface area (Å²) in [6, 6.07) is 6.73. The predicted molar refractivity (Wildman–Crippen MR) is 102 cm³/mol. The van der Waals surface area contributed by atoms with Gasteiger partial charge in [0.2, 0.25) is 5.95 Å². The van der Waals surface area contributed by atoms with Crippen LogP contribution in [0.5, 0.6) is 0 Å². The maximum Gasteiger partial charge on any atom is 0.288 e. The number of nitrogens with one attached hydrogen (secondary N) is 2. The first kappa shape index (κ1) is 18.1. The van der Waals surface area contributed by atoms with Crippen molar-refractivity contribution in [3.8, 4) is 11.5 Å². The number of nitrogens with two attached hydrogens (primary N) is 1. The fraction of sp³-hybridized carbons (Fsp3) is 0.111. The Bertz CT molecular complexity index is 1210. The number of rotatable bonds is 5. The number of hydrazine groups is 1. The lowest BCUT2D eigenvalue weighted by Gasteiger charge is -2.10. The molecule has 4 heterocycles. The van der Waals surface area contributed by atoms with E-state index in [9.17, 15) is 9.59 Å². The largest absolute Gasteiger partial charge is 0.463 e. The average molecular weight is 392 g/mol. The first-order valence-corrected chi connectivity index (χ1v) is 8.53. The number of carbonyl (C=O) groups is 2. The van der Waals surface area contributed by atoms with Crippen LogP contribution in [-0.2, 0) is 0 Å². The van der Waals surface area contributed by atoms with Gasteiger partial charge in [-0.2, -0.15) is 0 Å². The van der Waals surface area contributed by atoms with Crippen molar-refractivity contribution in [1.82, 2.24) is 29.8 Å². The minimum absolute atomic E-state index is 0.0174. The van der Waals surface area contributed by atoms with Gasteiger partial charge in [-0.25, -0.2) is 19.9 Å². The monoisotopic (exact) mass is 392 g/mol. The van der Waals surface area contributed by atoms with Gasteiger partial charge in [-0.15, -0.1) is 0 Å². The number of aryl methyl sites for hydroxylation is 2. The Kier molecular flexibility index (Phi) is 4.39. The van der Waals surface area contributed by atoms with E-state index in [0.29, 0.717) is 11.5 Å². The number of anilines is 1. The number of nitrogens with zero attached hydrogens (tertiary/aromatic N) is 5. The molecule has 29 heavy (non-hydrogen) atoms. The number of carbonyl (C=O) groups excluding carboxylic acids is 2. The molecular formula is C18H16N8O3. The molecule has 0 aliphatic rings. The molecule has 2 amide bonds. The number of imidazole rings is 1. The third-order valence-corrected chi connectivity index (χ3v) is 4.01. The first-order chi connectivity index (χ1) is 13.9. The van der Waals surface area contributed by atoms with Crippen LogP contribution < -0.4 is 16.6 Å². The lowest BCUT2D eigenvalue weighted by molar-refractivity contribution is 0.0955. The number of amides is 2. The number of aromatic nitrogens is 5. The van der Waals surface area contributed by atoms with Crippen molar-refractivity contribution in [2.75, 3.05) is 5.43 Å². The van der Waals surface area contributed by atoms with Crippen molar-refractivity contribution < 1.29 is 14.0 Å². The van der Waals surface area contributed by atoms with Gasteiger partial charge in [0.15, 0.2) is 17.1 Å². The highest BCUT2D eigenvalue weighted by molar-refractivity contribution is 5.99. The van der Waals surface area contributed by atoms with Crippen molar-refractivity contribution in [1.29, 1.82) is 0 Å². The van der Waals surface area contributed by atoms with E-state index in [0.717, 1.165) is 11.4 Å². The van der Waals surface area contributed by atoms with Gasteiger partial charge < -0.3 is 10.2 Å². The third kappa shape index (κ3) is 3.48. The molecule has 0 saturated carbocycles. The lowest BCUT2D eigenvalue weighted by Crippen LogP contribution is -2.31. The summed E-state index contributed by atoms with van der Waals surface area (Å²) in [5.74, 6) is -0.625. The minimum atomic E-state index is -0.760. The maximum atomic E-state index is 12.7. The van der Waals surface area contributed by atoms with Crippen LogP contribution in [0.15, 0.2) is 41.3 Å². The zero-order valence-electron chi connectivity index (χ0n) is 15.5. The van der Waals surface area contributed by atoms with Gasteiger partial charge in [0.05, 0.1) is 12.0 Å². The zero-order valence-corrected chi connectivity index (χ0v) is 15.5. The lowest BCUT2D eigenvalue weighted by atomic mass is 10.2. The highest BCUT2D eigenvalue weighted by Crippen LogP contribution is 2.23. The molecule has 0 aliphatic heterocycles. The van der Waals surface area contributed by atoms with E-state index < -0.39 is 11.8 Å². The molecule has 0 fully saturated rings. The number of fused-ring (bicyclic) bond motifs is 1. The predicted octanol–water partition coefficient (Wildman–Crippen LogP) is 1.25. The van der Waals surface area contributed by atoms with Gasteiger partial charge in [0.1, 0.15) is 12.0 Å². The fourth-order valence-electron chi connectivity index (χ4n) is 2.83. The van der Waals surface area contributed by atoms with Crippen LogP contribution in [0.1, 0.15) is 32.4 Å². The van der Waals surface area contributed by atoms with E-state index in [1.54, 1.807) is 12.1 Å². The van der Waals surface area contributed by atoms with Gasteiger partial charge in [-0.1, -0.05) is 0 Å². The van der Waals surface area contributed by atoms with Crippen LogP contribution in [0.4, 0.5) is 5.95 Å². The maximum absolute atomic E-state index is 12.7. The number of furan rings is 1. The summed E-state index contributed by atoms with van der Waals surface area (Å²) >= 11 is 0. The summed E-state index contributed by atoms with van der Waals surface area (Å²) in [6.07, 6.45) is 2.88. The Labute approximate surface area is 164 Å². The van der Waals surface area contributed by atoms with Crippen LogP contribution in [0.2, 0.25) is 0 Å². The normalized spacial score (nSPS) is 10.8. The first-order valence-electron chi connectivity index (χ1n) is 8.53.